The van der Waals surface area contributed by atoms with Crippen LogP contribution in [0.15, 0.2) is 11.0 Å². The van der Waals surface area contributed by atoms with Crippen LogP contribution in [-0.4, -0.2) is 25.8 Å². The van der Waals surface area contributed by atoms with E-state index in [0.29, 0.717) is 16.1 Å². The molecule has 1 aromatic carbocycles. The van der Waals surface area contributed by atoms with Crippen LogP contribution in [-0.2, 0) is 10.0 Å². The molecule has 0 spiro atoms. The highest BCUT2D eigenvalue weighted by Crippen LogP contribution is 2.32. The fraction of sp³-hybridized carbons (Fsp3) is 0.625. The van der Waals surface area contributed by atoms with Gasteiger partial charge in [0, 0.05) is 18.8 Å². The van der Waals surface area contributed by atoms with Crippen LogP contribution in [0.5, 0.6) is 0 Å². The summed E-state index contributed by atoms with van der Waals surface area (Å²) in [7, 11) is -1.78. The lowest BCUT2D eigenvalue weighted by Gasteiger charge is -2.31. The summed E-state index contributed by atoms with van der Waals surface area (Å²) in [5.74, 6) is 0. The molecule has 21 heavy (non-hydrogen) atoms. The molecule has 2 N–H and O–H groups in total. The molecule has 1 fully saturated rings. The van der Waals surface area contributed by atoms with Gasteiger partial charge in [0.25, 0.3) is 0 Å². The summed E-state index contributed by atoms with van der Waals surface area (Å²) in [6, 6.07) is 1.97. The van der Waals surface area contributed by atoms with E-state index in [4.69, 9.17) is 5.73 Å². The lowest BCUT2D eigenvalue weighted by Crippen LogP contribution is -2.39. The molecule has 0 amide bonds. The zero-order chi connectivity index (χ0) is 15.8. The van der Waals surface area contributed by atoms with E-state index in [1.807, 2.05) is 19.9 Å². The summed E-state index contributed by atoms with van der Waals surface area (Å²) in [5.41, 5.74) is 8.93. The Morgan fingerprint density at radius 2 is 1.67 bits per heavy atom. The molecule has 0 radical (unpaired) electrons. The van der Waals surface area contributed by atoms with Crippen molar-refractivity contribution < 1.29 is 8.42 Å². The molecule has 1 saturated carbocycles. The fourth-order valence-electron chi connectivity index (χ4n) is 3.21. The van der Waals surface area contributed by atoms with Crippen LogP contribution in [0.1, 0.15) is 48.8 Å². The van der Waals surface area contributed by atoms with Gasteiger partial charge in [-0.3, -0.25) is 0 Å². The van der Waals surface area contributed by atoms with Crippen molar-refractivity contribution in [2.75, 3.05) is 12.8 Å². The molecule has 2 rings (SSSR count). The minimum absolute atomic E-state index is 0.115. The molecule has 1 aliphatic carbocycles. The number of benzene rings is 1. The SMILES string of the molecule is Cc1cc(N)c(C)c(S(=O)(=O)N(C)C2CCCCC2)c1C. The zero-order valence-electron chi connectivity index (χ0n) is 13.4. The molecule has 0 heterocycles. The second-order valence-electron chi connectivity index (χ2n) is 6.17. The van der Waals surface area contributed by atoms with Gasteiger partial charge in [-0.05, 0) is 56.4 Å². The normalized spacial score (nSPS) is 17.4. The van der Waals surface area contributed by atoms with Crippen LogP contribution in [0.2, 0.25) is 0 Å². The number of hydrogen-bond donors (Lipinski definition) is 1. The van der Waals surface area contributed by atoms with Gasteiger partial charge in [0.05, 0.1) is 4.90 Å². The summed E-state index contributed by atoms with van der Waals surface area (Å²) >= 11 is 0. The molecule has 4 nitrogen and oxygen atoms in total. The maximum atomic E-state index is 13.0. The molecule has 0 bridgehead atoms. The second-order valence-corrected chi connectivity index (χ2v) is 8.11. The molecule has 0 atom stereocenters. The highest BCUT2D eigenvalue weighted by atomic mass is 32.2. The van der Waals surface area contributed by atoms with Gasteiger partial charge in [-0.15, -0.1) is 0 Å². The topological polar surface area (TPSA) is 63.4 Å². The Labute approximate surface area is 128 Å². The lowest BCUT2D eigenvalue weighted by atomic mass is 9.96. The maximum absolute atomic E-state index is 13.0. The highest BCUT2D eigenvalue weighted by Gasteiger charge is 2.32. The number of anilines is 1. The standard InChI is InChI=1S/C16H26N2O2S/c1-11-10-15(17)13(3)16(12(11)2)21(19,20)18(4)14-8-6-5-7-9-14/h10,14H,5-9,17H2,1-4H3. The fourth-order valence-corrected chi connectivity index (χ4v) is 5.16. The number of aryl methyl sites for hydroxylation is 1. The summed E-state index contributed by atoms with van der Waals surface area (Å²) < 4.78 is 27.7. The van der Waals surface area contributed by atoms with Gasteiger partial charge < -0.3 is 5.73 Å². The van der Waals surface area contributed by atoms with E-state index >= 15 is 0 Å². The summed E-state index contributed by atoms with van der Waals surface area (Å²) in [6.45, 7) is 5.57. The van der Waals surface area contributed by atoms with Crippen molar-refractivity contribution in [3.63, 3.8) is 0 Å². The summed E-state index contributed by atoms with van der Waals surface area (Å²) in [6.07, 6.45) is 5.33. The van der Waals surface area contributed by atoms with Crippen molar-refractivity contribution in [3.05, 3.63) is 22.8 Å². The lowest BCUT2D eigenvalue weighted by molar-refractivity contribution is 0.285. The van der Waals surface area contributed by atoms with Crippen LogP contribution in [0.3, 0.4) is 0 Å². The Kier molecular flexibility index (Phi) is 4.63. The number of nitrogens with zero attached hydrogens (tertiary/aromatic N) is 1. The van der Waals surface area contributed by atoms with Gasteiger partial charge in [-0.1, -0.05) is 19.3 Å². The van der Waals surface area contributed by atoms with Gasteiger partial charge in [0.1, 0.15) is 0 Å². The van der Waals surface area contributed by atoms with E-state index in [1.165, 1.54) is 6.42 Å². The first kappa shape index (κ1) is 16.3. The third kappa shape index (κ3) is 2.94. The molecule has 1 aromatic rings. The van der Waals surface area contributed by atoms with Crippen molar-refractivity contribution in [2.45, 2.75) is 63.8 Å². The van der Waals surface area contributed by atoms with Gasteiger partial charge in [0.15, 0.2) is 0 Å². The van der Waals surface area contributed by atoms with Crippen LogP contribution in [0.25, 0.3) is 0 Å². The third-order valence-electron chi connectivity index (χ3n) is 4.80. The van der Waals surface area contributed by atoms with Crippen molar-refractivity contribution in [1.82, 2.24) is 4.31 Å². The molecular formula is C16H26N2O2S. The van der Waals surface area contributed by atoms with Gasteiger partial charge >= 0.3 is 0 Å². The first-order valence-electron chi connectivity index (χ1n) is 7.61. The number of hydrogen-bond acceptors (Lipinski definition) is 3. The first-order chi connectivity index (χ1) is 9.76. The van der Waals surface area contributed by atoms with Crippen molar-refractivity contribution >= 4 is 15.7 Å². The van der Waals surface area contributed by atoms with Crippen molar-refractivity contribution in [1.29, 1.82) is 0 Å². The monoisotopic (exact) mass is 310 g/mol. The molecular weight excluding hydrogens is 284 g/mol. The Balaban J connectivity index is 2.49. The Hall–Kier alpha value is -1.07. The third-order valence-corrected chi connectivity index (χ3v) is 6.99. The zero-order valence-corrected chi connectivity index (χ0v) is 14.3. The molecule has 1 aliphatic rings. The van der Waals surface area contributed by atoms with E-state index in [9.17, 15) is 8.42 Å². The van der Waals surface area contributed by atoms with Gasteiger partial charge in [-0.2, -0.15) is 4.31 Å². The molecule has 0 aliphatic heterocycles. The van der Waals surface area contributed by atoms with Crippen LogP contribution in [0, 0.1) is 20.8 Å². The van der Waals surface area contributed by atoms with Crippen LogP contribution in [0.4, 0.5) is 5.69 Å². The molecule has 0 saturated heterocycles. The molecule has 0 aromatic heterocycles. The average molecular weight is 310 g/mol. The quantitative estimate of drug-likeness (QED) is 0.872. The first-order valence-corrected chi connectivity index (χ1v) is 9.05. The highest BCUT2D eigenvalue weighted by molar-refractivity contribution is 7.89. The van der Waals surface area contributed by atoms with E-state index in [0.717, 1.165) is 36.8 Å². The summed E-state index contributed by atoms with van der Waals surface area (Å²) in [4.78, 5) is 0.396. The Bertz CT molecular complexity index is 606. The minimum atomic E-state index is -3.49. The number of nitrogen functional groups attached to an aromatic ring is 1. The van der Waals surface area contributed by atoms with Gasteiger partial charge in [-0.25, -0.2) is 8.42 Å². The van der Waals surface area contributed by atoms with E-state index < -0.39 is 10.0 Å². The van der Waals surface area contributed by atoms with Crippen molar-refractivity contribution in [2.24, 2.45) is 0 Å². The molecule has 0 unspecified atom stereocenters. The number of rotatable bonds is 3. The predicted octanol–water partition coefficient (Wildman–Crippen LogP) is 3.15. The number of nitrogens with two attached hydrogens (primary N) is 1. The molecule has 118 valence electrons. The van der Waals surface area contributed by atoms with E-state index in [-0.39, 0.29) is 6.04 Å². The minimum Gasteiger partial charge on any atom is -0.398 e. The smallest absolute Gasteiger partial charge is 0.243 e. The van der Waals surface area contributed by atoms with Crippen LogP contribution < -0.4 is 5.73 Å². The maximum Gasteiger partial charge on any atom is 0.243 e. The van der Waals surface area contributed by atoms with E-state index in [1.54, 1.807) is 18.3 Å². The average Bonchev–Trinajstić information content (AvgIpc) is 2.45. The largest absolute Gasteiger partial charge is 0.398 e. The Morgan fingerprint density at radius 3 is 2.24 bits per heavy atom. The predicted molar refractivity (Wildman–Crippen MR) is 86.9 cm³/mol. The summed E-state index contributed by atoms with van der Waals surface area (Å²) in [5, 5.41) is 0. The van der Waals surface area contributed by atoms with Gasteiger partial charge in [0.2, 0.25) is 10.0 Å². The van der Waals surface area contributed by atoms with Crippen LogP contribution >= 0.6 is 0 Å². The van der Waals surface area contributed by atoms with Crippen molar-refractivity contribution in [3.8, 4) is 0 Å². The Morgan fingerprint density at radius 1 is 1.10 bits per heavy atom. The molecule has 5 heteroatoms. The second kappa shape index (κ2) is 5.97. The number of sulfonamides is 1. The van der Waals surface area contributed by atoms with E-state index in [2.05, 4.69) is 0 Å².